The van der Waals surface area contributed by atoms with Gasteiger partial charge >= 0.3 is 6.09 Å². The van der Waals surface area contributed by atoms with Crippen LogP contribution in [0.3, 0.4) is 0 Å². The molecule has 1 saturated heterocycles. The molecule has 3 aromatic heterocycles. The average Bonchev–Trinajstić information content (AvgIpc) is 3.43. The second-order valence-corrected chi connectivity index (χ2v) is 9.82. The number of anilines is 2. The fourth-order valence-corrected chi connectivity index (χ4v) is 4.03. The average molecular weight is 496 g/mol. The number of ether oxygens (including phenoxy) is 2. The molecule has 0 aromatic carbocycles. The number of hydrogen-bond acceptors (Lipinski definition) is 8. The minimum absolute atomic E-state index is 0.0382. The zero-order valence-electron chi connectivity index (χ0n) is 21.6. The Hall–Kier alpha value is -3.89. The highest BCUT2D eigenvalue weighted by Crippen LogP contribution is 2.25. The number of nitrogens with zero attached hydrogens (tertiary/aromatic N) is 6. The molecule has 0 aliphatic carbocycles. The molecule has 0 saturated carbocycles. The lowest BCUT2D eigenvalue weighted by Gasteiger charge is -2.28. The lowest BCUT2D eigenvalue weighted by Crippen LogP contribution is -2.42. The van der Waals surface area contributed by atoms with Crippen LogP contribution in [-0.4, -0.2) is 74.6 Å². The van der Waals surface area contributed by atoms with E-state index in [0.717, 1.165) is 17.8 Å². The van der Waals surface area contributed by atoms with Crippen molar-refractivity contribution < 1.29 is 19.1 Å². The number of likely N-dealkylation sites (N-methyl/N-ethyl adjacent to an activating group) is 1. The fraction of sp³-hybridized carbons (Fsp3) is 0.480. The molecule has 0 spiro atoms. The number of aromatic nitrogens is 4. The number of amides is 2. The number of carbonyl (C=O) groups excluding carboxylic acids is 2. The summed E-state index contributed by atoms with van der Waals surface area (Å²) in [6.45, 7) is 10.8. The van der Waals surface area contributed by atoms with Crippen molar-refractivity contribution in [1.82, 2.24) is 24.3 Å². The molecule has 1 aliphatic rings. The standard InChI is InChI=1S/C25H33N7O4/c1-7-35-22-19(21(33)28-17-8-9-20-27-16(2)13-32(20)14-17)12-26-23(29-22)31-11-10-18(15-31)30(6)24(34)36-25(3,4)5/h8-9,12-14,18H,7,10-11,15H2,1-6H3,(H,28,33)/t18-/m0/s1. The molecule has 0 radical (unpaired) electrons. The highest BCUT2D eigenvalue weighted by atomic mass is 16.6. The molecule has 0 bridgehead atoms. The lowest BCUT2D eigenvalue weighted by atomic mass is 10.2. The van der Waals surface area contributed by atoms with Crippen LogP contribution in [0.25, 0.3) is 5.65 Å². The monoisotopic (exact) mass is 495 g/mol. The number of imidazole rings is 1. The van der Waals surface area contributed by atoms with Crippen molar-refractivity contribution in [2.24, 2.45) is 0 Å². The normalized spacial score (nSPS) is 15.7. The van der Waals surface area contributed by atoms with Crippen LogP contribution in [0.15, 0.2) is 30.7 Å². The molecule has 2 amide bonds. The summed E-state index contributed by atoms with van der Waals surface area (Å²) in [5, 5.41) is 2.88. The summed E-state index contributed by atoms with van der Waals surface area (Å²) >= 11 is 0. The topological polar surface area (TPSA) is 114 Å². The number of hydrogen-bond donors (Lipinski definition) is 1. The molecule has 1 N–H and O–H groups in total. The first-order valence-corrected chi connectivity index (χ1v) is 12.0. The van der Waals surface area contributed by atoms with Gasteiger partial charge in [-0.2, -0.15) is 4.98 Å². The molecular formula is C25H33N7O4. The maximum Gasteiger partial charge on any atom is 0.410 e. The summed E-state index contributed by atoms with van der Waals surface area (Å²) in [5.74, 6) is 0.291. The lowest BCUT2D eigenvalue weighted by molar-refractivity contribution is 0.0237. The van der Waals surface area contributed by atoms with Gasteiger partial charge in [-0.15, -0.1) is 0 Å². The molecule has 1 aliphatic heterocycles. The number of rotatable bonds is 6. The third-order valence-electron chi connectivity index (χ3n) is 5.77. The predicted octanol–water partition coefficient (Wildman–Crippen LogP) is 3.53. The van der Waals surface area contributed by atoms with Crippen molar-refractivity contribution in [3.63, 3.8) is 0 Å². The van der Waals surface area contributed by atoms with E-state index in [0.29, 0.717) is 31.3 Å². The number of pyridine rings is 1. The van der Waals surface area contributed by atoms with E-state index in [1.807, 2.05) is 56.2 Å². The van der Waals surface area contributed by atoms with E-state index < -0.39 is 5.60 Å². The summed E-state index contributed by atoms with van der Waals surface area (Å²) in [6, 6.07) is 3.59. The van der Waals surface area contributed by atoms with Crippen LogP contribution in [0.2, 0.25) is 0 Å². The number of carbonyl (C=O) groups is 2. The van der Waals surface area contributed by atoms with Crippen LogP contribution in [-0.2, 0) is 4.74 Å². The first kappa shape index (κ1) is 25.2. The van der Waals surface area contributed by atoms with Crippen molar-refractivity contribution in [2.75, 3.05) is 37.0 Å². The smallest absolute Gasteiger partial charge is 0.410 e. The van der Waals surface area contributed by atoms with Gasteiger partial charge in [0.05, 0.1) is 24.0 Å². The molecule has 11 nitrogen and oxygen atoms in total. The Balaban J connectivity index is 1.47. The largest absolute Gasteiger partial charge is 0.477 e. The van der Waals surface area contributed by atoms with Crippen LogP contribution in [0.5, 0.6) is 5.88 Å². The molecular weight excluding hydrogens is 462 g/mol. The van der Waals surface area contributed by atoms with E-state index in [9.17, 15) is 9.59 Å². The molecule has 4 rings (SSSR count). The van der Waals surface area contributed by atoms with Crippen molar-refractivity contribution in [1.29, 1.82) is 0 Å². The van der Waals surface area contributed by atoms with Gasteiger partial charge in [-0.1, -0.05) is 0 Å². The second kappa shape index (κ2) is 10.00. The first-order chi connectivity index (χ1) is 17.0. The highest BCUT2D eigenvalue weighted by Gasteiger charge is 2.32. The van der Waals surface area contributed by atoms with Gasteiger partial charge in [-0.3, -0.25) is 4.79 Å². The molecule has 1 atom stereocenters. The summed E-state index contributed by atoms with van der Waals surface area (Å²) in [4.78, 5) is 42.5. The van der Waals surface area contributed by atoms with Gasteiger partial charge in [-0.05, 0) is 53.2 Å². The van der Waals surface area contributed by atoms with Crippen LogP contribution in [0.1, 0.15) is 50.2 Å². The van der Waals surface area contributed by atoms with E-state index in [4.69, 9.17) is 9.47 Å². The van der Waals surface area contributed by atoms with E-state index in [1.165, 1.54) is 6.20 Å². The highest BCUT2D eigenvalue weighted by molar-refractivity contribution is 6.05. The van der Waals surface area contributed by atoms with Crippen LogP contribution in [0, 0.1) is 6.92 Å². The SMILES string of the molecule is CCOc1nc(N2CC[C@H](N(C)C(=O)OC(C)(C)C)C2)ncc1C(=O)Nc1ccc2nc(C)cn2c1. The van der Waals surface area contributed by atoms with E-state index in [-0.39, 0.29) is 29.5 Å². The Morgan fingerprint density at radius 2 is 2.00 bits per heavy atom. The Labute approximate surface area is 210 Å². The van der Waals surface area contributed by atoms with Crippen molar-refractivity contribution in [3.05, 3.63) is 42.0 Å². The number of fused-ring (bicyclic) bond motifs is 1. The van der Waals surface area contributed by atoms with E-state index in [2.05, 4.69) is 20.3 Å². The van der Waals surface area contributed by atoms with Gasteiger partial charge in [0.15, 0.2) is 0 Å². The minimum atomic E-state index is -0.557. The van der Waals surface area contributed by atoms with Gasteiger partial charge in [0.2, 0.25) is 11.8 Å². The van der Waals surface area contributed by atoms with Gasteiger partial charge < -0.3 is 29.0 Å². The Morgan fingerprint density at radius 3 is 2.72 bits per heavy atom. The zero-order chi connectivity index (χ0) is 26.0. The first-order valence-electron chi connectivity index (χ1n) is 12.0. The van der Waals surface area contributed by atoms with Crippen molar-refractivity contribution >= 4 is 29.3 Å². The molecule has 11 heteroatoms. The minimum Gasteiger partial charge on any atom is -0.477 e. The van der Waals surface area contributed by atoms with Gasteiger partial charge in [0, 0.05) is 38.7 Å². The van der Waals surface area contributed by atoms with Crippen molar-refractivity contribution in [3.8, 4) is 5.88 Å². The molecule has 3 aromatic rings. The Kier molecular flexibility index (Phi) is 7.00. The quantitative estimate of drug-likeness (QED) is 0.552. The maximum atomic E-state index is 13.0. The fourth-order valence-electron chi connectivity index (χ4n) is 4.03. The number of nitrogens with one attached hydrogen (secondary N) is 1. The summed E-state index contributed by atoms with van der Waals surface area (Å²) in [7, 11) is 1.74. The maximum absolute atomic E-state index is 13.0. The summed E-state index contributed by atoms with van der Waals surface area (Å²) in [5.41, 5.74) is 1.99. The van der Waals surface area contributed by atoms with Crippen molar-refractivity contribution in [2.45, 2.75) is 52.7 Å². The summed E-state index contributed by atoms with van der Waals surface area (Å²) in [6.07, 6.45) is 5.56. The third-order valence-corrected chi connectivity index (χ3v) is 5.77. The van der Waals surface area contributed by atoms with Gasteiger partial charge in [0.1, 0.15) is 16.8 Å². The second-order valence-electron chi connectivity index (χ2n) is 9.82. The third kappa shape index (κ3) is 5.67. The van der Waals surface area contributed by atoms with E-state index >= 15 is 0 Å². The Bertz CT molecular complexity index is 1270. The molecule has 36 heavy (non-hydrogen) atoms. The van der Waals surface area contributed by atoms with Gasteiger partial charge in [0.25, 0.3) is 5.91 Å². The molecule has 0 unspecified atom stereocenters. The zero-order valence-corrected chi connectivity index (χ0v) is 21.6. The van der Waals surface area contributed by atoms with E-state index in [1.54, 1.807) is 24.2 Å². The molecule has 192 valence electrons. The van der Waals surface area contributed by atoms with Crippen LogP contribution < -0.4 is 15.0 Å². The van der Waals surface area contributed by atoms with Crippen LogP contribution >= 0.6 is 0 Å². The predicted molar refractivity (Wildman–Crippen MR) is 136 cm³/mol. The van der Waals surface area contributed by atoms with Gasteiger partial charge in [-0.25, -0.2) is 14.8 Å². The number of aryl methyl sites for hydroxylation is 1. The van der Waals surface area contributed by atoms with Crippen LogP contribution in [0.4, 0.5) is 16.4 Å². The molecule has 4 heterocycles. The Morgan fingerprint density at radius 1 is 1.22 bits per heavy atom. The molecule has 1 fully saturated rings. The summed E-state index contributed by atoms with van der Waals surface area (Å²) < 4.78 is 13.0.